The normalized spacial score (nSPS) is 12.6. The van der Waals surface area contributed by atoms with E-state index in [1.54, 1.807) is 38.9 Å². The Hall–Kier alpha value is -9.36. The van der Waals surface area contributed by atoms with E-state index in [1.165, 1.54) is 0 Å². The summed E-state index contributed by atoms with van der Waals surface area (Å²) in [6.45, 7) is 44.0. The van der Waals surface area contributed by atoms with Crippen LogP contribution in [0.15, 0.2) is 85.7 Å². The van der Waals surface area contributed by atoms with Gasteiger partial charge in [-0.3, -0.25) is 57.5 Å². The Kier molecular flexibility index (Phi) is 117. The molecule has 0 aliphatic rings. The summed E-state index contributed by atoms with van der Waals surface area (Å²) >= 11 is 7.83. The molecular weight excluding hydrogens is 1970 g/mol. The summed E-state index contributed by atoms with van der Waals surface area (Å²) in [4.78, 5) is 147. The lowest BCUT2D eigenvalue weighted by atomic mass is 10.1. The number of aliphatic hydroxyl groups excluding tert-OH is 2. The van der Waals surface area contributed by atoms with Crippen molar-refractivity contribution in [1.29, 1.82) is 0 Å². The minimum Gasteiger partial charge on any atom is -0.394 e. The number of rotatable bonds is 62. The van der Waals surface area contributed by atoms with E-state index in [9.17, 15) is 57.5 Å². The van der Waals surface area contributed by atoms with E-state index in [0.717, 1.165) is 229 Å². The molecule has 4 rings (SSSR count). The summed E-state index contributed by atoms with van der Waals surface area (Å²) in [5.41, 5.74) is 70.2. The average molecular weight is 2180 g/mol. The number of carbonyl (C=O) groups is 12. The Morgan fingerprint density at radius 1 is 0.300 bits per heavy atom. The molecule has 12 amide bonds. The Labute approximate surface area is 911 Å². The van der Waals surface area contributed by atoms with Crippen molar-refractivity contribution in [3.05, 3.63) is 108 Å². The van der Waals surface area contributed by atoms with Crippen molar-refractivity contribution in [2.45, 2.75) is 377 Å². The first-order valence-corrected chi connectivity index (χ1v) is 55.5. The molecule has 150 heavy (non-hydrogen) atoms. The molecule has 12 atom stereocenters. The fraction of sp³-hybridized carbons (Fsp3) is 0.717. The highest BCUT2D eigenvalue weighted by Gasteiger charge is 2.22. The van der Waals surface area contributed by atoms with Crippen LogP contribution in [0.4, 0.5) is 0 Å². The molecule has 0 bridgehead atoms. The Balaban J connectivity index is -0.000000245. The fourth-order valence-electron chi connectivity index (χ4n) is 10.6. The van der Waals surface area contributed by atoms with E-state index in [-0.39, 0.29) is 120 Å². The first-order valence-electron chi connectivity index (χ1n) is 54.2. The minimum absolute atomic E-state index is 0.0292. The van der Waals surface area contributed by atoms with Gasteiger partial charge in [0.05, 0.1) is 86.3 Å². The van der Waals surface area contributed by atoms with Gasteiger partial charge in [-0.05, 0) is 127 Å². The summed E-state index contributed by atoms with van der Waals surface area (Å²) in [5, 5.41) is 49.9. The predicted molar refractivity (Wildman–Crippen MR) is 618 cm³/mol. The zero-order chi connectivity index (χ0) is 116. The molecule has 872 valence electrons. The van der Waals surface area contributed by atoms with Crippen LogP contribution in [0.25, 0.3) is 0 Å². The van der Waals surface area contributed by atoms with Gasteiger partial charge in [-0.2, -0.15) is 25.3 Å². The maximum atomic E-state index is 11.6. The van der Waals surface area contributed by atoms with Crippen molar-refractivity contribution in [3.8, 4) is 0 Å². The third-order valence-corrected chi connectivity index (χ3v) is 21.7. The highest BCUT2D eigenvalue weighted by molar-refractivity contribution is 7.80. The monoisotopic (exact) mass is 2180 g/mol. The molecule has 2 aromatic carbocycles. The van der Waals surface area contributed by atoms with E-state index in [4.69, 9.17) is 79.0 Å². The van der Waals surface area contributed by atoms with E-state index in [0.29, 0.717) is 63.4 Å². The van der Waals surface area contributed by atoms with Gasteiger partial charge in [0, 0.05) is 127 Å². The molecule has 4 aromatic rings. The number of benzene rings is 2. The van der Waals surface area contributed by atoms with Crippen LogP contribution < -0.4 is 133 Å². The van der Waals surface area contributed by atoms with E-state index in [2.05, 4.69) is 178 Å². The molecule has 0 spiro atoms. The maximum Gasteiger partial charge on any atom is 0.239 e. The van der Waals surface area contributed by atoms with Crippen LogP contribution in [0, 0.1) is 11.8 Å². The Morgan fingerprint density at radius 3 is 0.827 bits per heavy atom. The van der Waals surface area contributed by atoms with Crippen molar-refractivity contribution in [2.75, 3.05) is 103 Å². The zero-order valence-corrected chi connectivity index (χ0v) is 96.6. The number of nitrogens with one attached hydrogen (secondary N) is 14. The highest BCUT2D eigenvalue weighted by Crippen LogP contribution is 2.07. The van der Waals surface area contributed by atoms with Gasteiger partial charge in [0.1, 0.15) is 12.1 Å². The van der Waals surface area contributed by atoms with Gasteiger partial charge in [0.15, 0.2) is 0 Å². The number of thiol groups is 2. The summed E-state index contributed by atoms with van der Waals surface area (Å²) in [6.07, 6.45) is 33.6. The third kappa shape index (κ3) is 102. The van der Waals surface area contributed by atoms with Gasteiger partial charge >= 0.3 is 0 Å². The SMILES string of the molecule is CCCCNC(=[17O])[C@@H](N)C(C)C.CCCCNC(=[17O])[C@@H](N)CO.CCCCNC(=[17O])[C@@H](N)CS.CCCCNC(=[17O])[C@@H](N)Cc1ccccc1.CCCCNC(=[17O])[C@@H](N)Cc1cnc[nH]1.CCCCNC(=[17O])[C@H](C)N.CCCCNC(=[18O])[C@@H](N)CS.CCCCNC(=[18O])[C@@H](N)Cc1ccccc1.CCCCNC(=[18O])[C@@H](N)Cc1cnc[nH]1.CCCCN[13C](=O)[C@@H](N)C(C)C.CCCCN[13C](=O)[C@@H](N)CO.CCCCN[13C](=O)[C@H](C)N. The van der Waals surface area contributed by atoms with Crippen LogP contribution >= 0.6 is 25.3 Å². The van der Waals surface area contributed by atoms with Gasteiger partial charge < -0.3 is 153 Å². The van der Waals surface area contributed by atoms with Crippen LogP contribution in [0.5, 0.6) is 0 Å². The Morgan fingerprint density at radius 2 is 0.547 bits per heavy atom. The smallest absolute Gasteiger partial charge is 0.239 e. The number of H-pyrrole nitrogens is 2. The molecule has 0 radical (unpaired) electrons. The number of aromatic amines is 2. The summed E-state index contributed by atoms with van der Waals surface area (Å²) < 4.78 is 0. The van der Waals surface area contributed by atoms with Gasteiger partial charge in [-0.25, -0.2) is 9.97 Å². The van der Waals surface area contributed by atoms with Crippen molar-refractivity contribution >= 4 is 96.1 Å². The van der Waals surface area contributed by atoms with E-state index < -0.39 is 48.3 Å². The number of unbranched alkanes of at least 4 members (excludes halogenated alkanes) is 12. The standard InChI is InChI=1S/2C13H20N2O.2C10H18N4O.2C9H20N2O.2C7H16N2O2.2C7H16N2OS.2C7H16N2O/c2*1-2-3-9-15-13(16)12(14)10-11-7-5-4-6-8-11;2*1-2-3-4-13-10(15)9(11)5-8-6-12-7-14-8;2*1-4-5-6-11-9(12)8(10)7(2)3;2*1-2-3-4-9-7(11)6(8)5-10;2*1-2-3-4-9-7(10)6(8)5-11;2*1-3-4-5-9-7(10)6(2)8/h2*4-8,12H,2-3,9-10,14H2,1H3,(H,15,16);2*6-7,9H,2-5,11H2,1H3,(H,12,14)(H,13,15);2*7-8H,4-6,10H2,1-3H3,(H,11,12);2*6,10H,2-5,8H2,1H3,(H,9,11);2*6,11H,2-5,8H2,1H3,(H,9,10);2*6H,3-5,8H2,1-2H3,(H,9,10)/t2*12-;2*9-;2*8-;6*6-/m000000000000/s1/i16+2;16+1;15+2;15+1;12+1;9+1;11+1;7+1;10+2;2*10+1;7+1. The topological polar surface area (TPSA) is 759 Å². The molecule has 44 heteroatoms. The molecule has 0 saturated heterocycles. The number of hydrogen-bond donors (Lipinski definition) is 30. The van der Waals surface area contributed by atoms with Crippen molar-refractivity contribution in [3.63, 3.8) is 0 Å². The molecular formula is C106H212N28O14S2. The first-order chi connectivity index (χ1) is 71.4. The lowest BCUT2D eigenvalue weighted by Crippen LogP contribution is -2.44. The highest BCUT2D eigenvalue weighted by atomic mass is 32.1. The molecule has 0 unspecified atom stereocenters. The second-order valence-corrected chi connectivity index (χ2v) is 37.1. The van der Waals surface area contributed by atoms with E-state index >= 15 is 0 Å². The second-order valence-electron chi connectivity index (χ2n) is 36.4. The summed E-state index contributed by atoms with van der Waals surface area (Å²) in [7, 11) is 0. The van der Waals surface area contributed by atoms with Gasteiger partial charge in [0.2, 0.25) is 70.9 Å². The van der Waals surface area contributed by atoms with Crippen LogP contribution in [-0.4, -0.2) is 277 Å². The number of hydrogen-bond acceptors (Lipinski definition) is 30. The van der Waals surface area contributed by atoms with Crippen molar-refractivity contribution in [1.82, 2.24) is 83.7 Å². The van der Waals surface area contributed by atoms with Gasteiger partial charge in [0.25, 0.3) is 0 Å². The molecule has 0 fully saturated rings. The zero-order valence-electron chi connectivity index (χ0n) is 94.8. The lowest BCUT2D eigenvalue weighted by Gasteiger charge is -2.14. The molecule has 2 aromatic heterocycles. The third-order valence-electron chi connectivity index (χ3n) is 20.9. The number of imidazole rings is 2. The number of carbonyl (C=O) groups excluding carboxylic acids is 12. The molecule has 2 heterocycles. The minimum atomic E-state index is -0.771. The molecule has 0 saturated carbocycles. The molecule has 42 nitrogen and oxygen atoms in total. The number of nitrogens with two attached hydrogens (primary N) is 12. The number of nitrogens with zero attached hydrogens (tertiary/aromatic N) is 2. The van der Waals surface area contributed by atoms with Crippen LogP contribution in [0.3, 0.4) is 0 Å². The summed E-state index contributed by atoms with van der Waals surface area (Å²) in [6, 6.07) is 13.8. The summed E-state index contributed by atoms with van der Waals surface area (Å²) in [5.74, 6) is -0.0258. The Bertz CT molecular complexity index is 3510. The number of aliphatic hydroxyl groups is 2. The second kappa shape index (κ2) is 112. The van der Waals surface area contributed by atoms with Gasteiger partial charge in [-0.1, -0.05) is 248 Å². The fourth-order valence-corrected chi connectivity index (χ4v) is 10.9. The van der Waals surface area contributed by atoms with Crippen LogP contribution in [0.2, 0.25) is 0 Å². The number of aromatic nitrogens is 4. The van der Waals surface area contributed by atoms with Crippen LogP contribution in [0.1, 0.15) is 301 Å². The predicted octanol–water partition coefficient (Wildman–Crippen LogP) is 4.37. The largest absolute Gasteiger partial charge is 0.394 e. The first kappa shape index (κ1) is 156. The number of amides is 12. The van der Waals surface area contributed by atoms with E-state index in [1.807, 2.05) is 102 Å². The average Bonchev–Trinajstić information content (AvgIpc) is 1.66. The van der Waals surface area contributed by atoms with Gasteiger partial charge in [-0.15, -0.1) is 0 Å². The quantitative estimate of drug-likeness (QED) is 0.0126. The van der Waals surface area contributed by atoms with Crippen molar-refractivity contribution in [2.24, 2.45) is 80.6 Å². The molecule has 0 aliphatic heterocycles. The molecule has 40 N–H and O–H groups in total. The maximum absolute atomic E-state index is 11.6. The molecule has 0 aliphatic carbocycles. The lowest BCUT2D eigenvalue weighted by molar-refractivity contribution is -0.124. The van der Waals surface area contributed by atoms with Crippen LogP contribution in [-0.2, 0) is 83.2 Å². The van der Waals surface area contributed by atoms with Crippen molar-refractivity contribution < 1.29 is 67.7 Å².